The minimum atomic E-state index is 0.566. The highest BCUT2D eigenvalue weighted by Crippen LogP contribution is 2.24. The van der Waals surface area contributed by atoms with Gasteiger partial charge in [0.05, 0.1) is 37.7 Å². The standard InChI is InChI=1S/C20H18N6O2/c1-27-16-9-8-14(18(10-16)28-2)11-23-25-19-17-12-24-26(20(17)22-13-21-19)15-6-4-3-5-7-15/h3-13H,1-2H3,(H,21,22,25)/b23-11+. The summed E-state index contributed by atoms with van der Waals surface area (Å²) in [5, 5.41) is 9.48. The summed E-state index contributed by atoms with van der Waals surface area (Å²) in [5.41, 5.74) is 5.39. The first-order valence-electron chi connectivity index (χ1n) is 8.55. The minimum Gasteiger partial charge on any atom is -0.497 e. The fourth-order valence-corrected chi connectivity index (χ4v) is 2.78. The van der Waals surface area contributed by atoms with Crippen LogP contribution in [0.15, 0.2) is 66.2 Å². The number of para-hydroxylation sites is 1. The fraction of sp³-hybridized carbons (Fsp3) is 0.100. The lowest BCUT2D eigenvalue weighted by molar-refractivity contribution is 0.394. The van der Waals surface area contributed by atoms with E-state index in [0.29, 0.717) is 23.0 Å². The van der Waals surface area contributed by atoms with E-state index < -0.39 is 0 Å². The molecule has 0 aliphatic carbocycles. The number of methoxy groups -OCH3 is 2. The first-order chi connectivity index (χ1) is 13.8. The Balaban J connectivity index is 1.61. The predicted molar refractivity (Wildman–Crippen MR) is 107 cm³/mol. The van der Waals surface area contributed by atoms with Gasteiger partial charge in [-0.25, -0.2) is 14.6 Å². The van der Waals surface area contributed by atoms with Crippen molar-refractivity contribution in [2.24, 2.45) is 5.10 Å². The van der Waals surface area contributed by atoms with E-state index in [-0.39, 0.29) is 0 Å². The van der Waals surface area contributed by atoms with Crippen LogP contribution in [0.1, 0.15) is 5.56 Å². The molecular formula is C20H18N6O2. The van der Waals surface area contributed by atoms with E-state index in [4.69, 9.17) is 9.47 Å². The number of ether oxygens (including phenoxy) is 2. The number of nitrogens with zero attached hydrogens (tertiary/aromatic N) is 5. The summed E-state index contributed by atoms with van der Waals surface area (Å²) >= 11 is 0. The van der Waals surface area contributed by atoms with E-state index in [1.165, 1.54) is 6.33 Å². The first-order valence-corrected chi connectivity index (χ1v) is 8.55. The van der Waals surface area contributed by atoms with Gasteiger partial charge in [0.25, 0.3) is 0 Å². The van der Waals surface area contributed by atoms with Crippen molar-refractivity contribution < 1.29 is 9.47 Å². The van der Waals surface area contributed by atoms with E-state index in [9.17, 15) is 0 Å². The summed E-state index contributed by atoms with van der Waals surface area (Å²) in [6.07, 6.45) is 4.86. The average Bonchev–Trinajstić information content (AvgIpc) is 3.19. The lowest BCUT2D eigenvalue weighted by Crippen LogP contribution is -1.99. The Morgan fingerprint density at radius 1 is 1.04 bits per heavy atom. The maximum absolute atomic E-state index is 5.38. The van der Waals surface area contributed by atoms with Crippen molar-refractivity contribution in [2.75, 3.05) is 19.6 Å². The molecule has 140 valence electrons. The molecular weight excluding hydrogens is 356 g/mol. The summed E-state index contributed by atoms with van der Waals surface area (Å²) in [6, 6.07) is 15.3. The molecule has 0 saturated heterocycles. The second-order valence-corrected chi connectivity index (χ2v) is 5.83. The molecule has 0 aliphatic heterocycles. The molecule has 0 atom stereocenters. The number of hydrogen-bond donors (Lipinski definition) is 1. The van der Waals surface area contributed by atoms with Gasteiger partial charge < -0.3 is 9.47 Å². The molecule has 8 nitrogen and oxygen atoms in total. The number of aromatic nitrogens is 4. The maximum Gasteiger partial charge on any atom is 0.168 e. The van der Waals surface area contributed by atoms with Crippen molar-refractivity contribution in [3.63, 3.8) is 0 Å². The molecule has 4 aromatic rings. The van der Waals surface area contributed by atoms with Crippen molar-refractivity contribution in [2.45, 2.75) is 0 Å². The summed E-state index contributed by atoms with van der Waals surface area (Å²) in [6.45, 7) is 0. The topological polar surface area (TPSA) is 86.5 Å². The number of anilines is 1. The Morgan fingerprint density at radius 3 is 2.68 bits per heavy atom. The molecule has 0 bridgehead atoms. The number of hydrazone groups is 1. The van der Waals surface area contributed by atoms with Crippen molar-refractivity contribution in [1.82, 2.24) is 19.7 Å². The van der Waals surface area contributed by atoms with Crippen molar-refractivity contribution in [1.29, 1.82) is 0 Å². The van der Waals surface area contributed by atoms with Crippen LogP contribution >= 0.6 is 0 Å². The van der Waals surface area contributed by atoms with Gasteiger partial charge in [0.15, 0.2) is 11.5 Å². The van der Waals surface area contributed by atoms with Gasteiger partial charge in [0.2, 0.25) is 0 Å². The first kappa shape index (κ1) is 17.5. The number of benzene rings is 2. The monoisotopic (exact) mass is 374 g/mol. The van der Waals surface area contributed by atoms with Crippen LogP contribution in [0.2, 0.25) is 0 Å². The van der Waals surface area contributed by atoms with Gasteiger partial charge in [0.1, 0.15) is 17.8 Å². The van der Waals surface area contributed by atoms with Crippen molar-refractivity contribution in [3.05, 3.63) is 66.6 Å². The van der Waals surface area contributed by atoms with Crippen LogP contribution in [-0.4, -0.2) is 40.2 Å². The number of rotatable bonds is 6. The zero-order valence-corrected chi connectivity index (χ0v) is 15.4. The zero-order valence-electron chi connectivity index (χ0n) is 15.4. The molecule has 0 amide bonds. The number of nitrogens with one attached hydrogen (secondary N) is 1. The van der Waals surface area contributed by atoms with Gasteiger partial charge in [0, 0.05) is 11.6 Å². The molecule has 2 aromatic heterocycles. The molecule has 2 heterocycles. The van der Waals surface area contributed by atoms with Gasteiger partial charge >= 0.3 is 0 Å². The normalized spacial score (nSPS) is 11.1. The summed E-state index contributed by atoms with van der Waals surface area (Å²) in [7, 11) is 3.21. The highest BCUT2D eigenvalue weighted by atomic mass is 16.5. The Morgan fingerprint density at radius 2 is 1.89 bits per heavy atom. The van der Waals surface area contributed by atoms with Crippen LogP contribution in [0.4, 0.5) is 5.82 Å². The average molecular weight is 374 g/mol. The fourth-order valence-electron chi connectivity index (χ4n) is 2.78. The summed E-state index contributed by atoms with van der Waals surface area (Å²) in [4.78, 5) is 8.63. The van der Waals surface area contributed by atoms with E-state index in [2.05, 4.69) is 25.6 Å². The van der Waals surface area contributed by atoms with E-state index >= 15 is 0 Å². The molecule has 0 radical (unpaired) electrons. The molecule has 0 spiro atoms. The highest BCUT2D eigenvalue weighted by Gasteiger charge is 2.10. The minimum absolute atomic E-state index is 0.566. The lowest BCUT2D eigenvalue weighted by Gasteiger charge is -2.07. The quantitative estimate of drug-likeness (QED) is 0.412. The second kappa shape index (κ2) is 7.75. The molecule has 1 N–H and O–H groups in total. The third kappa shape index (κ3) is 3.35. The van der Waals surface area contributed by atoms with Gasteiger partial charge in [-0.3, -0.25) is 5.43 Å². The Bertz CT molecular complexity index is 1120. The van der Waals surface area contributed by atoms with E-state index in [1.807, 2.05) is 42.5 Å². The van der Waals surface area contributed by atoms with E-state index in [0.717, 1.165) is 16.6 Å². The van der Waals surface area contributed by atoms with Gasteiger partial charge in [-0.2, -0.15) is 10.2 Å². The number of fused-ring (bicyclic) bond motifs is 1. The van der Waals surface area contributed by atoms with Crippen LogP contribution in [0.5, 0.6) is 11.5 Å². The Kier molecular flexibility index (Phi) is 4.83. The lowest BCUT2D eigenvalue weighted by atomic mass is 10.2. The van der Waals surface area contributed by atoms with E-state index in [1.54, 1.807) is 37.4 Å². The van der Waals surface area contributed by atoms with Crippen LogP contribution < -0.4 is 14.9 Å². The molecule has 0 saturated carbocycles. The van der Waals surface area contributed by atoms with Crippen molar-refractivity contribution >= 4 is 23.1 Å². The van der Waals surface area contributed by atoms with Gasteiger partial charge in [-0.15, -0.1) is 0 Å². The molecule has 28 heavy (non-hydrogen) atoms. The van der Waals surface area contributed by atoms with Crippen LogP contribution in [0, 0.1) is 0 Å². The third-order valence-corrected chi connectivity index (χ3v) is 4.18. The Hall–Kier alpha value is -3.94. The molecule has 2 aromatic carbocycles. The predicted octanol–water partition coefficient (Wildman–Crippen LogP) is 3.28. The smallest absolute Gasteiger partial charge is 0.168 e. The van der Waals surface area contributed by atoms with Crippen LogP contribution in [-0.2, 0) is 0 Å². The second-order valence-electron chi connectivity index (χ2n) is 5.83. The van der Waals surface area contributed by atoms with Crippen LogP contribution in [0.3, 0.4) is 0 Å². The molecule has 0 aliphatic rings. The zero-order chi connectivity index (χ0) is 19.3. The van der Waals surface area contributed by atoms with Gasteiger partial charge in [-0.05, 0) is 24.3 Å². The SMILES string of the molecule is COc1ccc(/C=N/Nc2ncnc3c2cnn3-c2ccccc2)c(OC)c1. The molecule has 0 unspecified atom stereocenters. The van der Waals surface area contributed by atoms with Crippen molar-refractivity contribution in [3.8, 4) is 17.2 Å². The largest absolute Gasteiger partial charge is 0.497 e. The Labute approximate surface area is 161 Å². The van der Waals surface area contributed by atoms with Crippen LogP contribution in [0.25, 0.3) is 16.7 Å². The maximum atomic E-state index is 5.38. The number of hydrogen-bond acceptors (Lipinski definition) is 7. The molecule has 8 heteroatoms. The molecule has 0 fully saturated rings. The summed E-state index contributed by atoms with van der Waals surface area (Å²) in [5.74, 6) is 1.94. The molecule has 4 rings (SSSR count). The summed E-state index contributed by atoms with van der Waals surface area (Å²) < 4.78 is 12.3. The van der Waals surface area contributed by atoms with Gasteiger partial charge in [-0.1, -0.05) is 18.2 Å². The highest BCUT2D eigenvalue weighted by molar-refractivity contribution is 5.88. The third-order valence-electron chi connectivity index (χ3n) is 4.18.